The number of nitriles is 1. The van der Waals surface area contributed by atoms with E-state index in [-0.39, 0.29) is 6.10 Å². The van der Waals surface area contributed by atoms with Gasteiger partial charge >= 0.3 is 0 Å². The van der Waals surface area contributed by atoms with E-state index in [1.807, 2.05) is 19.1 Å². The zero-order valence-corrected chi connectivity index (χ0v) is 11.7. The molecule has 1 aromatic carbocycles. The van der Waals surface area contributed by atoms with Crippen molar-refractivity contribution in [3.8, 4) is 11.8 Å². The summed E-state index contributed by atoms with van der Waals surface area (Å²) in [6.45, 7) is 9.00. The number of aryl methyl sites for hydroxylation is 1. The fourth-order valence-corrected chi connectivity index (χ4v) is 1.63. The van der Waals surface area contributed by atoms with Crippen LogP contribution in [-0.2, 0) is 6.54 Å². The lowest BCUT2D eigenvalue weighted by atomic mass is 10.1. The average Bonchev–Trinajstić information content (AvgIpc) is 2.35. The van der Waals surface area contributed by atoms with Crippen LogP contribution in [0.15, 0.2) is 18.2 Å². The van der Waals surface area contributed by atoms with Gasteiger partial charge in [0.1, 0.15) is 11.8 Å². The van der Waals surface area contributed by atoms with E-state index in [9.17, 15) is 0 Å². The third kappa shape index (κ3) is 4.38. The van der Waals surface area contributed by atoms with Gasteiger partial charge < -0.3 is 10.1 Å². The molecule has 1 unspecified atom stereocenters. The van der Waals surface area contributed by atoms with Gasteiger partial charge in [-0.1, -0.05) is 38.5 Å². The number of benzene rings is 1. The Morgan fingerprint density at radius 2 is 2.11 bits per heavy atom. The Labute approximate surface area is 110 Å². The molecule has 98 valence electrons. The van der Waals surface area contributed by atoms with Crippen LogP contribution in [0.1, 0.15) is 38.3 Å². The third-order valence-electron chi connectivity index (χ3n) is 2.70. The van der Waals surface area contributed by atoms with Gasteiger partial charge in [-0.2, -0.15) is 5.26 Å². The van der Waals surface area contributed by atoms with Gasteiger partial charge in [-0.05, 0) is 19.4 Å². The first-order valence-electron chi connectivity index (χ1n) is 6.46. The van der Waals surface area contributed by atoms with E-state index in [4.69, 9.17) is 10.00 Å². The highest BCUT2D eigenvalue weighted by atomic mass is 16.5. The van der Waals surface area contributed by atoms with Gasteiger partial charge in [0, 0.05) is 18.2 Å². The lowest BCUT2D eigenvalue weighted by Gasteiger charge is -2.16. The summed E-state index contributed by atoms with van der Waals surface area (Å²) in [6.07, 6.45) is 0.326. The molecule has 0 aliphatic carbocycles. The van der Waals surface area contributed by atoms with Crippen molar-refractivity contribution in [3.05, 3.63) is 29.3 Å². The van der Waals surface area contributed by atoms with Crippen molar-refractivity contribution in [1.29, 1.82) is 5.26 Å². The van der Waals surface area contributed by atoms with E-state index >= 15 is 0 Å². The molecule has 3 heteroatoms. The fourth-order valence-electron chi connectivity index (χ4n) is 1.63. The molecule has 0 aliphatic heterocycles. The quantitative estimate of drug-likeness (QED) is 0.838. The summed E-state index contributed by atoms with van der Waals surface area (Å²) in [6, 6.07) is 8.66. The van der Waals surface area contributed by atoms with Gasteiger partial charge in [-0.25, -0.2) is 0 Å². The Morgan fingerprint density at radius 1 is 1.39 bits per heavy atom. The summed E-state index contributed by atoms with van der Waals surface area (Å²) in [5.41, 5.74) is 2.31. The molecule has 0 saturated heterocycles. The normalized spacial score (nSPS) is 12.2. The monoisotopic (exact) mass is 246 g/mol. The predicted molar refractivity (Wildman–Crippen MR) is 73.5 cm³/mol. The highest BCUT2D eigenvalue weighted by molar-refractivity contribution is 5.37. The molecule has 0 aromatic heterocycles. The second-order valence-electron chi connectivity index (χ2n) is 4.79. The predicted octanol–water partition coefficient (Wildman–Crippen LogP) is 3.17. The first kappa shape index (κ1) is 14.5. The van der Waals surface area contributed by atoms with Crippen LogP contribution in [0.4, 0.5) is 0 Å². The zero-order valence-electron chi connectivity index (χ0n) is 11.7. The molecule has 0 aliphatic rings. The van der Waals surface area contributed by atoms with Crippen molar-refractivity contribution >= 4 is 0 Å². The molecule has 1 N–H and O–H groups in total. The number of hydrogen-bond donors (Lipinski definition) is 1. The number of nitrogens with zero attached hydrogens (tertiary/aromatic N) is 1. The van der Waals surface area contributed by atoms with Gasteiger partial charge in [0.25, 0.3) is 0 Å². The minimum absolute atomic E-state index is 0.370. The standard InChI is InChI=1S/C15H22N2O/c1-5-14(9-16)18-15-7-6-12(4)8-13(15)10-17-11(2)3/h6-8,11,14,17H,5,10H2,1-4H3. The summed E-state index contributed by atoms with van der Waals surface area (Å²) in [4.78, 5) is 0. The number of hydrogen-bond acceptors (Lipinski definition) is 3. The van der Waals surface area contributed by atoms with E-state index in [1.165, 1.54) is 5.56 Å². The Bertz CT molecular complexity index is 421. The van der Waals surface area contributed by atoms with Crippen LogP contribution in [0.25, 0.3) is 0 Å². The van der Waals surface area contributed by atoms with Gasteiger partial charge in [-0.15, -0.1) is 0 Å². The Morgan fingerprint density at radius 3 is 2.67 bits per heavy atom. The average molecular weight is 246 g/mol. The lowest BCUT2D eigenvalue weighted by Crippen LogP contribution is -2.23. The smallest absolute Gasteiger partial charge is 0.184 e. The molecule has 0 fully saturated rings. The molecule has 0 saturated carbocycles. The van der Waals surface area contributed by atoms with E-state index in [0.29, 0.717) is 12.5 Å². The second kappa shape index (κ2) is 7.03. The molecule has 3 nitrogen and oxygen atoms in total. The lowest BCUT2D eigenvalue weighted by molar-refractivity contribution is 0.248. The molecule has 0 bridgehead atoms. The van der Waals surface area contributed by atoms with Crippen LogP contribution in [0.5, 0.6) is 5.75 Å². The molecule has 0 radical (unpaired) electrons. The highest BCUT2D eigenvalue weighted by Gasteiger charge is 2.10. The Hall–Kier alpha value is -1.53. The van der Waals surface area contributed by atoms with Crippen LogP contribution in [0, 0.1) is 18.3 Å². The van der Waals surface area contributed by atoms with Crippen LogP contribution in [0.2, 0.25) is 0 Å². The zero-order chi connectivity index (χ0) is 13.5. The molecule has 0 heterocycles. The van der Waals surface area contributed by atoms with Crippen molar-refractivity contribution in [2.24, 2.45) is 0 Å². The van der Waals surface area contributed by atoms with Crippen LogP contribution < -0.4 is 10.1 Å². The summed E-state index contributed by atoms with van der Waals surface area (Å²) < 4.78 is 5.73. The van der Waals surface area contributed by atoms with Crippen molar-refractivity contribution < 1.29 is 4.74 Å². The molecule has 0 amide bonds. The summed E-state index contributed by atoms with van der Waals surface area (Å²) in [7, 11) is 0. The molecule has 1 rings (SSSR count). The summed E-state index contributed by atoms with van der Waals surface area (Å²) >= 11 is 0. The third-order valence-corrected chi connectivity index (χ3v) is 2.70. The SMILES string of the molecule is CCC(C#N)Oc1ccc(C)cc1CNC(C)C. The second-order valence-corrected chi connectivity index (χ2v) is 4.79. The van der Waals surface area contributed by atoms with Gasteiger partial charge in [0.05, 0.1) is 0 Å². The topological polar surface area (TPSA) is 45.0 Å². The molecular formula is C15H22N2O. The summed E-state index contributed by atoms with van der Waals surface area (Å²) in [5.74, 6) is 0.808. The first-order valence-corrected chi connectivity index (χ1v) is 6.46. The van der Waals surface area contributed by atoms with Crippen molar-refractivity contribution in [2.75, 3.05) is 0 Å². The van der Waals surface area contributed by atoms with Crippen LogP contribution in [0.3, 0.4) is 0 Å². The van der Waals surface area contributed by atoms with E-state index in [1.54, 1.807) is 0 Å². The van der Waals surface area contributed by atoms with E-state index < -0.39 is 0 Å². The molecule has 18 heavy (non-hydrogen) atoms. The maximum Gasteiger partial charge on any atom is 0.184 e. The van der Waals surface area contributed by atoms with Crippen molar-refractivity contribution in [3.63, 3.8) is 0 Å². The Balaban J connectivity index is 2.86. The minimum Gasteiger partial charge on any atom is -0.475 e. The van der Waals surface area contributed by atoms with Crippen molar-refractivity contribution in [2.45, 2.75) is 52.8 Å². The molecule has 0 spiro atoms. The van der Waals surface area contributed by atoms with Crippen LogP contribution >= 0.6 is 0 Å². The number of rotatable bonds is 6. The Kier molecular flexibility index (Phi) is 5.67. The first-order chi connectivity index (χ1) is 8.56. The largest absolute Gasteiger partial charge is 0.475 e. The molecule has 1 atom stereocenters. The van der Waals surface area contributed by atoms with E-state index in [0.717, 1.165) is 17.9 Å². The van der Waals surface area contributed by atoms with Gasteiger partial charge in [0.15, 0.2) is 6.10 Å². The number of ether oxygens (including phenoxy) is 1. The van der Waals surface area contributed by atoms with Gasteiger partial charge in [-0.3, -0.25) is 0 Å². The van der Waals surface area contributed by atoms with Crippen LogP contribution in [-0.4, -0.2) is 12.1 Å². The maximum atomic E-state index is 8.96. The van der Waals surface area contributed by atoms with Gasteiger partial charge in [0.2, 0.25) is 0 Å². The fraction of sp³-hybridized carbons (Fsp3) is 0.533. The highest BCUT2D eigenvalue weighted by Crippen LogP contribution is 2.22. The maximum absolute atomic E-state index is 8.96. The minimum atomic E-state index is -0.370. The van der Waals surface area contributed by atoms with E-state index in [2.05, 4.69) is 38.2 Å². The molecular weight excluding hydrogens is 224 g/mol. The number of nitrogens with one attached hydrogen (secondary N) is 1. The van der Waals surface area contributed by atoms with Crippen molar-refractivity contribution in [1.82, 2.24) is 5.32 Å². The molecule has 1 aromatic rings. The summed E-state index contributed by atoms with van der Waals surface area (Å²) in [5, 5.41) is 12.3.